The molecule has 0 radical (unpaired) electrons. The minimum atomic E-state index is -0.326. The number of aliphatic hydroxyl groups is 1. The van der Waals surface area contributed by atoms with E-state index in [1.165, 1.54) is 24.3 Å². The van der Waals surface area contributed by atoms with Crippen LogP contribution in [0.1, 0.15) is 23.2 Å². The van der Waals surface area contributed by atoms with Crippen molar-refractivity contribution in [3.63, 3.8) is 0 Å². The maximum absolute atomic E-state index is 12.8. The average Bonchev–Trinajstić information content (AvgIpc) is 2.86. The molecule has 18 heavy (non-hydrogen) atoms. The van der Waals surface area contributed by atoms with Crippen LogP contribution in [-0.2, 0) is 0 Å². The first-order chi connectivity index (χ1) is 8.63. The quantitative estimate of drug-likeness (QED) is 0.822. The van der Waals surface area contributed by atoms with Gasteiger partial charge >= 0.3 is 0 Å². The number of carbonyl (C=O) groups is 1. The van der Waals surface area contributed by atoms with Gasteiger partial charge in [-0.25, -0.2) is 4.39 Å². The van der Waals surface area contributed by atoms with Gasteiger partial charge in [-0.3, -0.25) is 4.79 Å². The van der Waals surface area contributed by atoms with Crippen molar-refractivity contribution >= 4 is 5.91 Å². The van der Waals surface area contributed by atoms with E-state index in [1.807, 2.05) is 4.90 Å². The molecule has 1 aliphatic heterocycles. The van der Waals surface area contributed by atoms with Crippen LogP contribution in [0.25, 0.3) is 0 Å². The molecule has 2 atom stereocenters. The lowest BCUT2D eigenvalue weighted by Crippen LogP contribution is -2.30. The summed E-state index contributed by atoms with van der Waals surface area (Å²) >= 11 is 0. The molecule has 4 heteroatoms. The highest BCUT2D eigenvalue weighted by molar-refractivity contribution is 5.94. The maximum atomic E-state index is 12.8. The van der Waals surface area contributed by atoms with Crippen LogP contribution in [0.3, 0.4) is 0 Å². The molecule has 1 saturated carbocycles. The predicted octanol–water partition coefficient (Wildman–Crippen LogP) is 1.67. The Morgan fingerprint density at radius 3 is 2.28 bits per heavy atom. The van der Waals surface area contributed by atoms with Gasteiger partial charge in [0.1, 0.15) is 5.82 Å². The zero-order chi connectivity index (χ0) is 12.7. The Morgan fingerprint density at radius 1 is 1.17 bits per heavy atom. The first kappa shape index (κ1) is 11.7. The van der Waals surface area contributed by atoms with E-state index in [4.69, 9.17) is 0 Å². The molecule has 1 aromatic rings. The second kappa shape index (κ2) is 4.35. The standard InChI is InChI=1S/C14H16FNO2/c15-12-3-1-9(2-4-12)14(18)16-7-10-5-13(17)6-11(10)8-16/h1-4,10-11,13,17H,5-8H2. The summed E-state index contributed by atoms with van der Waals surface area (Å²) in [6.07, 6.45) is 1.42. The Kier molecular flexibility index (Phi) is 2.82. The van der Waals surface area contributed by atoms with E-state index < -0.39 is 0 Å². The Labute approximate surface area is 105 Å². The fourth-order valence-electron chi connectivity index (χ4n) is 3.21. The Morgan fingerprint density at radius 2 is 1.72 bits per heavy atom. The Balaban J connectivity index is 1.70. The van der Waals surface area contributed by atoms with Crippen molar-refractivity contribution in [3.8, 4) is 0 Å². The molecule has 1 amide bonds. The molecule has 0 bridgehead atoms. The fraction of sp³-hybridized carbons (Fsp3) is 0.500. The van der Waals surface area contributed by atoms with Crippen LogP contribution in [0.4, 0.5) is 4.39 Å². The van der Waals surface area contributed by atoms with Crippen LogP contribution in [0.15, 0.2) is 24.3 Å². The Hall–Kier alpha value is -1.42. The largest absolute Gasteiger partial charge is 0.393 e. The number of halogens is 1. The van der Waals surface area contributed by atoms with E-state index in [1.54, 1.807) is 0 Å². The summed E-state index contributed by atoms with van der Waals surface area (Å²) in [6, 6.07) is 5.68. The van der Waals surface area contributed by atoms with Crippen LogP contribution in [-0.4, -0.2) is 35.1 Å². The number of hydrogen-bond acceptors (Lipinski definition) is 2. The third kappa shape index (κ3) is 2.01. The van der Waals surface area contributed by atoms with Crippen LogP contribution in [0.5, 0.6) is 0 Å². The number of benzene rings is 1. The summed E-state index contributed by atoms with van der Waals surface area (Å²) in [5.41, 5.74) is 0.539. The molecule has 3 nitrogen and oxygen atoms in total. The smallest absolute Gasteiger partial charge is 0.253 e. The Bertz CT molecular complexity index is 445. The third-order valence-corrected chi connectivity index (χ3v) is 4.10. The van der Waals surface area contributed by atoms with Crippen molar-refractivity contribution in [1.82, 2.24) is 4.90 Å². The molecule has 2 aliphatic rings. The van der Waals surface area contributed by atoms with Gasteiger partial charge in [0, 0.05) is 18.7 Å². The number of aliphatic hydroxyl groups excluding tert-OH is 1. The minimum absolute atomic E-state index is 0.0288. The number of nitrogens with zero attached hydrogens (tertiary/aromatic N) is 1. The lowest BCUT2D eigenvalue weighted by atomic mass is 10.0. The van der Waals surface area contributed by atoms with Gasteiger partial charge in [-0.2, -0.15) is 0 Å². The fourth-order valence-corrected chi connectivity index (χ4v) is 3.21. The molecular formula is C14H16FNO2. The molecule has 1 saturated heterocycles. The van der Waals surface area contributed by atoms with Gasteiger partial charge in [-0.05, 0) is 48.9 Å². The molecule has 1 aliphatic carbocycles. The number of rotatable bonds is 1. The lowest BCUT2D eigenvalue weighted by Gasteiger charge is -2.18. The summed E-state index contributed by atoms with van der Waals surface area (Å²) in [6.45, 7) is 1.44. The summed E-state index contributed by atoms with van der Waals surface area (Å²) in [5.74, 6) is 0.514. The SMILES string of the molecule is O=C(c1ccc(F)cc1)N1CC2CC(O)CC2C1. The second-order valence-corrected chi connectivity index (χ2v) is 5.36. The number of amides is 1. The topological polar surface area (TPSA) is 40.5 Å². The molecular weight excluding hydrogens is 233 g/mol. The van der Waals surface area contributed by atoms with E-state index in [2.05, 4.69) is 0 Å². The lowest BCUT2D eigenvalue weighted by molar-refractivity contribution is 0.0765. The van der Waals surface area contributed by atoms with Gasteiger partial charge in [0.2, 0.25) is 0 Å². The highest BCUT2D eigenvalue weighted by Gasteiger charge is 2.41. The molecule has 0 spiro atoms. The van der Waals surface area contributed by atoms with Gasteiger partial charge < -0.3 is 10.0 Å². The molecule has 3 rings (SSSR count). The summed E-state index contributed by atoms with van der Waals surface area (Å²) in [5, 5.41) is 9.56. The molecule has 1 N–H and O–H groups in total. The first-order valence-corrected chi connectivity index (χ1v) is 6.36. The van der Waals surface area contributed by atoms with Crippen molar-refractivity contribution in [2.45, 2.75) is 18.9 Å². The molecule has 2 unspecified atom stereocenters. The first-order valence-electron chi connectivity index (χ1n) is 6.36. The van der Waals surface area contributed by atoms with Crippen molar-refractivity contribution in [3.05, 3.63) is 35.6 Å². The number of hydrogen-bond donors (Lipinski definition) is 1. The summed E-state index contributed by atoms with van der Waals surface area (Å²) < 4.78 is 12.8. The normalized spacial score (nSPS) is 30.6. The van der Waals surface area contributed by atoms with E-state index in [-0.39, 0.29) is 17.8 Å². The third-order valence-electron chi connectivity index (χ3n) is 4.10. The minimum Gasteiger partial charge on any atom is -0.393 e. The van der Waals surface area contributed by atoms with Crippen molar-refractivity contribution < 1.29 is 14.3 Å². The average molecular weight is 249 g/mol. The van der Waals surface area contributed by atoms with E-state index >= 15 is 0 Å². The second-order valence-electron chi connectivity index (χ2n) is 5.36. The number of likely N-dealkylation sites (tertiary alicyclic amines) is 1. The van der Waals surface area contributed by atoms with Gasteiger partial charge in [-0.15, -0.1) is 0 Å². The van der Waals surface area contributed by atoms with Crippen molar-refractivity contribution in [2.24, 2.45) is 11.8 Å². The van der Waals surface area contributed by atoms with E-state index in [9.17, 15) is 14.3 Å². The number of carbonyl (C=O) groups excluding carboxylic acids is 1. The van der Waals surface area contributed by atoms with Gasteiger partial charge in [0.05, 0.1) is 6.10 Å². The van der Waals surface area contributed by atoms with Crippen LogP contribution in [0, 0.1) is 17.7 Å². The highest BCUT2D eigenvalue weighted by atomic mass is 19.1. The molecule has 1 heterocycles. The predicted molar refractivity (Wildman–Crippen MR) is 64.5 cm³/mol. The summed E-state index contributed by atoms with van der Waals surface area (Å²) in [7, 11) is 0. The zero-order valence-corrected chi connectivity index (χ0v) is 10.1. The maximum Gasteiger partial charge on any atom is 0.253 e. The highest BCUT2D eigenvalue weighted by Crippen LogP contribution is 2.38. The van der Waals surface area contributed by atoms with Crippen LogP contribution < -0.4 is 0 Å². The van der Waals surface area contributed by atoms with Crippen molar-refractivity contribution in [2.75, 3.05) is 13.1 Å². The van der Waals surface area contributed by atoms with E-state index in [0.717, 1.165) is 25.9 Å². The van der Waals surface area contributed by atoms with Crippen LogP contribution >= 0.6 is 0 Å². The van der Waals surface area contributed by atoms with Gasteiger partial charge in [0.25, 0.3) is 5.91 Å². The number of fused-ring (bicyclic) bond motifs is 1. The molecule has 1 aromatic carbocycles. The molecule has 96 valence electrons. The summed E-state index contributed by atoms with van der Waals surface area (Å²) in [4.78, 5) is 14.0. The molecule has 0 aromatic heterocycles. The monoisotopic (exact) mass is 249 g/mol. The van der Waals surface area contributed by atoms with Crippen LogP contribution in [0.2, 0.25) is 0 Å². The van der Waals surface area contributed by atoms with E-state index in [0.29, 0.717) is 17.4 Å². The zero-order valence-electron chi connectivity index (χ0n) is 10.1. The van der Waals surface area contributed by atoms with Crippen molar-refractivity contribution in [1.29, 1.82) is 0 Å². The van der Waals surface area contributed by atoms with Gasteiger partial charge in [0.15, 0.2) is 0 Å². The molecule has 2 fully saturated rings. The van der Waals surface area contributed by atoms with Gasteiger partial charge in [-0.1, -0.05) is 0 Å².